The van der Waals surface area contributed by atoms with Crippen molar-refractivity contribution in [2.45, 2.75) is 40.5 Å². The van der Waals surface area contributed by atoms with Crippen LogP contribution in [0.1, 0.15) is 57.2 Å². The van der Waals surface area contributed by atoms with Crippen molar-refractivity contribution < 1.29 is 14.4 Å². The fourth-order valence-electron chi connectivity index (χ4n) is 2.47. The molecule has 2 rings (SSSR count). The number of benzene rings is 2. The van der Waals surface area contributed by atoms with Crippen molar-refractivity contribution in [2.75, 3.05) is 5.32 Å². The minimum absolute atomic E-state index is 0.0486. The van der Waals surface area contributed by atoms with Crippen molar-refractivity contribution in [2.24, 2.45) is 0 Å². The Bertz CT molecular complexity index is 837. The highest BCUT2D eigenvalue weighted by Gasteiger charge is 2.12. The zero-order valence-corrected chi connectivity index (χ0v) is 15.1. The van der Waals surface area contributed by atoms with Crippen LogP contribution >= 0.6 is 0 Å². The first-order valence-electron chi connectivity index (χ1n) is 8.30. The van der Waals surface area contributed by atoms with Gasteiger partial charge < -0.3 is 5.32 Å². The van der Waals surface area contributed by atoms with Gasteiger partial charge in [0.25, 0.3) is 0 Å². The monoisotopic (exact) mass is 337 g/mol. The summed E-state index contributed by atoms with van der Waals surface area (Å²) >= 11 is 0. The van der Waals surface area contributed by atoms with Gasteiger partial charge in [0, 0.05) is 29.7 Å². The molecule has 2 aromatic rings. The van der Waals surface area contributed by atoms with Crippen molar-refractivity contribution in [1.29, 1.82) is 0 Å². The fourth-order valence-corrected chi connectivity index (χ4v) is 2.47. The quantitative estimate of drug-likeness (QED) is 0.794. The molecule has 4 nitrogen and oxygen atoms in total. The first-order chi connectivity index (χ1) is 11.8. The smallest absolute Gasteiger partial charge is 0.224 e. The van der Waals surface area contributed by atoms with Crippen molar-refractivity contribution in [3.05, 3.63) is 64.2 Å². The number of nitrogens with one attached hydrogen (secondary N) is 1. The molecule has 0 spiro atoms. The number of hydrogen-bond donors (Lipinski definition) is 1. The molecule has 2 aromatic carbocycles. The van der Waals surface area contributed by atoms with E-state index in [-0.39, 0.29) is 30.3 Å². The molecular weight excluding hydrogens is 314 g/mol. The van der Waals surface area contributed by atoms with Crippen molar-refractivity contribution in [3.63, 3.8) is 0 Å². The van der Waals surface area contributed by atoms with Gasteiger partial charge in [-0.25, -0.2) is 0 Å². The van der Waals surface area contributed by atoms with Gasteiger partial charge in [-0.3, -0.25) is 14.4 Å². The summed E-state index contributed by atoms with van der Waals surface area (Å²) in [6, 6.07) is 10.8. The third kappa shape index (κ3) is 4.86. The summed E-state index contributed by atoms with van der Waals surface area (Å²) in [7, 11) is 0. The lowest BCUT2D eigenvalue weighted by molar-refractivity contribution is -0.116. The molecule has 0 aliphatic rings. The number of amides is 1. The summed E-state index contributed by atoms with van der Waals surface area (Å²) in [6.07, 6.45) is 0.259. The van der Waals surface area contributed by atoms with Crippen LogP contribution in [0.25, 0.3) is 0 Å². The second-order valence-corrected chi connectivity index (χ2v) is 6.36. The van der Waals surface area contributed by atoms with Gasteiger partial charge >= 0.3 is 0 Å². The zero-order chi connectivity index (χ0) is 18.6. The van der Waals surface area contributed by atoms with Gasteiger partial charge in [-0.05, 0) is 56.5 Å². The highest BCUT2D eigenvalue weighted by Crippen LogP contribution is 2.18. The van der Waals surface area contributed by atoms with E-state index in [4.69, 9.17) is 0 Å². The van der Waals surface area contributed by atoms with Crippen LogP contribution in [0.2, 0.25) is 0 Å². The molecule has 0 saturated carbocycles. The van der Waals surface area contributed by atoms with Crippen LogP contribution in [-0.4, -0.2) is 17.5 Å². The second-order valence-electron chi connectivity index (χ2n) is 6.36. The van der Waals surface area contributed by atoms with Crippen LogP contribution < -0.4 is 5.32 Å². The zero-order valence-electron chi connectivity index (χ0n) is 15.1. The van der Waals surface area contributed by atoms with Crippen molar-refractivity contribution in [3.8, 4) is 0 Å². The predicted octanol–water partition coefficient (Wildman–Crippen LogP) is 4.42. The lowest BCUT2D eigenvalue weighted by Gasteiger charge is -2.10. The van der Waals surface area contributed by atoms with E-state index in [1.165, 1.54) is 6.92 Å². The molecule has 0 aliphatic heterocycles. The van der Waals surface area contributed by atoms with E-state index in [0.717, 1.165) is 16.7 Å². The summed E-state index contributed by atoms with van der Waals surface area (Å²) in [5, 5.41) is 2.79. The van der Waals surface area contributed by atoms with Crippen molar-refractivity contribution >= 4 is 23.2 Å². The lowest BCUT2D eigenvalue weighted by Crippen LogP contribution is -2.14. The number of aryl methyl sites for hydroxylation is 3. The van der Waals surface area contributed by atoms with Crippen LogP contribution in [0.3, 0.4) is 0 Å². The molecule has 0 aliphatic carbocycles. The standard InChI is InChI=1S/C21H23NO3/c1-13-5-8-18(11-15(13)3)20(24)9-10-21(25)22-19-12-17(16(4)23)7-6-14(19)2/h5-8,11-12H,9-10H2,1-4H3,(H,22,25). The first-order valence-corrected chi connectivity index (χ1v) is 8.30. The molecular formula is C21H23NO3. The molecule has 0 bridgehead atoms. The number of carbonyl (C=O) groups excluding carboxylic acids is 3. The Kier molecular flexibility index (Phi) is 5.86. The third-order valence-corrected chi connectivity index (χ3v) is 4.33. The molecule has 1 amide bonds. The number of Topliss-reactive ketones (excluding diaryl/α,β-unsaturated/α-hetero) is 2. The SMILES string of the molecule is CC(=O)c1ccc(C)c(NC(=O)CCC(=O)c2ccc(C)c(C)c2)c1. The first kappa shape index (κ1) is 18.6. The minimum atomic E-state index is -0.235. The summed E-state index contributed by atoms with van der Waals surface area (Å²) in [4.78, 5) is 35.9. The third-order valence-electron chi connectivity index (χ3n) is 4.33. The van der Waals surface area contributed by atoms with Crippen LogP contribution in [0, 0.1) is 20.8 Å². The topological polar surface area (TPSA) is 63.2 Å². The Morgan fingerprint density at radius 1 is 0.800 bits per heavy atom. The predicted molar refractivity (Wildman–Crippen MR) is 99.3 cm³/mol. The number of ketones is 2. The maximum atomic E-state index is 12.3. The fraction of sp³-hybridized carbons (Fsp3) is 0.286. The largest absolute Gasteiger partial charge is 0.326 e. The Morgan fingerprint density at radius 3 is 2.08 bits per heavy atom. The second kappa shape index (κ2) is 7.88. The van der Waals surface area contributed by atoms with Crippen molar-refractivity contribution in [1.82, 2.24) is 0 Å². The van der Waals surface area contributed by atoms with Crippen LogP contribution in [0.5, 0.6) is 0 Å². The van der Waals surface area contributed by atoms with Gasteiger partial charge in [0.05, 0.1) is 0 Å². The normalized spacial score (nSPS) is 10.4. The van der Waals surface area contributed by atoms with Gasteiger partial charge in [-0.1, -0.05) is 24.3 Å². The average molecular weight is 337 g/mol. The van der Waals surface area contributed by atoms with E-state index in [9.17, 15) is 14.4 Å². The summed E-state index contributed by atoms with van der Waals surface area (Å²) in [5.41, 5.74) is 4.86. The van der Waals surface area contributed by atoms with Crippen LogP contribution in [0.15, 0.2) is 36.4 Å². The molecule has 0 unspecified atom stereocenters. The summed E-state index contributed by atoms with van der Waals surface area (Å²) in [6.45, 7) is 7.30. The Hall–Kier alpha value is -2.75. The van der Waals surface area contributed by atoms with Gasteiger partial charge in [0.1, 0.15) is 0 Å². The van der Waals surface area contributed by atoms with E-state index < -0.39 is 0 Å². The van der Waals surface area contributed by atoms with E-state index in [2.05, 4.69) is 5.32 Å². The molecule has 0 atom stereocenters. The minimum Gasteiger partial charge on any atom is -0.326 e. The van der Waals surface area contributed by atoms with Crippen LogP contribution in [0.4, 0.5) is 5.69 Å². The number of carbonyl (C=O) groups is 3. The lowest BCUT2D eigenvalue weighted by atomic mass is 10.0. The molecule has 25 heavy (non-hydrogen) atoms. The summed E-state index contributed by atoms with van der Waals surface area (Å²) in [5.74, 6) is -0.339. The molecule has 1 N–H and O–H groups in total. The van der Waals surface area contributed by atoms with Gasteiger partial charge in [-0.15, -0.1) is 0 Å². The Labute approximate surface area is 148 Å². The molecule has 4 heteroatoms. The number of rotatable bonds is 6. The molecule has 0 radical (unpaired) electrons. The molecule has 0 aromatic heterocycles. The van der Waals surface area contributed by atoms with Gasteiger partial charge in [0.2, 0.25) is 5.91 Å². The maximum Gasteiger partial charge on any atom is 0.224 e. The highest BCUT2D eigenvalue weighted by molar-refractivity contribution is 6.01. The summed E-state index contributed by atoms with van der Waals surface area (Å²) < 4.78 is 0. The van der Waals surface area contributed by atoms with Gasteiger partial charge in [-0.2, -0.15) is 0 Å². The van der Waals surface area contributed by atoms with Crippen LogP contribution in [-0.2, 0) is 4.79 Å². The Morgan fingerprint density at radius 2 is 1.44 bits per heavy atom. The molecule has 0 heterocycles. The number of anilines is 1. The van der Waals surface area contributed by atoms with E-state index >= 15 is 0 Å². The molecule has 130 valence electrons. The van der Waals surface area contributed by atoms with E-state index in [1.54, 1.807) is 24.3 Å². The maximum absolute atomic E-state index is 12.3. The Balaban J connectivity index is 1.98. The van der Waals surface area contributed by atoms with E-state index in [0.29, 0.717) is 16.8 Å². The molecule has 0 saturated heterocycles. The average Bonchev–Trinajstić information content (AvgIpc) is 2.57. The molecule has 0 fully saturated rings. The van der Waals surface area contributed by atoms with E-state index in [1.807, 2.05) is 32.9 Å². The van der Waals surface area contributed by atoms with Gasteiger partial charge in [0.15, 0.2) is 11.6 Å². The highest BCUT2D eigenvalue weighted by atomic mass is 16.2. The number of hydrogen-bond acceptors (Lipinski definition) is 3.